The maximum absolute atomic E-state index is 3.52. The van der Waals surface area contributed by atoms with Crippen molar-refractivity contribution in [3.63, 3.8) is 0 Å². The topological polar surface area (TPSA) is 12.0 Å². The van der Waals surface area contributed by atoms with Gasteiger partial charge in [0.05, 0.1) is 6.04 Å². The SMILES string of the molecule is C1=CC2c3cc4ccc5c6c(ccc(c3C2N1)c46)=CCC5. The predicted octanol–water partition coefficient (Wildman–Crippen LogP) is 3.69. The molecule has 1 heteroatoms. The predicted molar refractivity (Wildman–Crippen MR) is 87.2 cm³/mol. The maximum atomic E-state index is 3.52. The minimum Gasteiger partial charge on any atom is -0.383 e. The van der Waals surface area contributed by atoms with E-state index < -0.39 is 0 Å². The zero-order valence-corrected chi connectivity index (χ0v) is 11.7. The lowest BCUT2D eigenvalue weighted by atomic mass is 9.70. The van der Waals surface area contributed by atoms with Gasteiger partial charge in [0.15, 0.2) is 0 Å². The molecule has 21 heavy (non-hydrogen) atoms. The smallest absolute Gasteiger partial charge is 0.0621 e. The van der Waals surface area contributed by atoms with Gasteiger partial charge in [0.1, 0.15) is 0 Å². The van der Waals surface area contributed by atoms with Crippen LogP contribution in [0.15, 0.2) is 42.6 Å². The number of hydrogen-bond donors (Lipinski definition) is 1. The molecule has 2 atom stereocenters. The zero-order chi connectivity index (χ0) is 13.6. The van der Waals surface area contributed by atoms with Crippen LogP contribution in [0, 0.1) is 0 Å². The minimum absolute atomic E-state index is 0.508. The lowest BCUT2D eigenvalue weighted by Gasteiger charge is -2.36. The quantitative estimate of drug-likeness (QED) is 0.656. The average Bonchev–Trinajstić information content (AvgIpc) is 2.93. The van der Waals surface area contributed by atoms with Gasteiger partial charge in [0.2, 0.25) is 0 Å². The Morgan fingerprint density at radius 1 is 1.05 bits per heavy atom. The van der Waals surface area contributed by atoms with Gasteiger partial charge >= 0.3 is 0 Å². The highest BCUT2D eigenvalue weighted by Gasteiger charge is 2.40. The number of benzene rings is 3. The molecule has 0 bridgehead atoms. The molecular weight excluding hydrogens is 254 g/mol. The van der Waals surface area contributed by atoms with Crippen molar-refractivity contribution in [2.24, 2.45) is 0 Å². The number of rotatable bonds is 0. The van der Waals surface area contributed by atoms with Crippen LogP contribution in [-0.2, 0) is 6.42 Å². The molecule has 3 aromatic rings. The fraction of sp³-hybridized carbons (Fsp3) is 0.200. The van der Waals surface area contributed by atoms with E-state index in [2.05, 4.69) is 54.0 Å². The Balaban J connectivity index is 1.87. The molecule has 0 radical (unpaired) electrons. The second-order valence-corrected chi connectivity index (χ2v) is 6.55. The molecule has 0 saturated carbocycles. The van der Waals surface area contributed by atoms with Gasteiger partial charge in [-0.1, -0.05) is 42.5 Å². The summed E-state index contributed by atoms with van der Waals surface area (Å²) in [6.45, 7) is 0. The number of nitrogens with one attached hydrogen (secondary N) is 1. The third-order valence-corrected chi connectivity index (χ3v) is 5.61. The van der Waals surface area contributed by atoms with Crippen LogP contribution in [-0.4, -0.2) is 0 Å². The first-order valence-electron chi connectivity index (χ1n) is 7.85. The van der Waals surface area contributed by atoms with Crippen molar-refractivity contribution in [1.29, 1.82) is 0 Å². The molecule has 3 aliphatic rings. The Hall–Kier alpha value is -2.28. The summed E-state index contributed by atoms with van der Waals surface area (Å²) in [4.78, 5) is 0. The van der Waals surface area contributed by atoms with Gasteiger partial charge in [-0.2, -0.15) is 0 Å². The molecule has 0 amide bonds. The number of aryl methyl sites for hydroxylation is 1. The van der Waals surface area contributed by atoms with E-state index >= 15 is 0 Å². The van der Waals surface area contributed by atoms with Crippen molar-refractivity contribution < 1.29 is 0 Å². The summed E-state index contributed by atoms with van der Waals surface area (Å²) >= 11 is 0. The Bertz CT molecular complexity index is 1030. The first kappa shape index (κ1) is 10.4. The van der Waals surface area contributed by atoms with Gasteiger partial charge < -0.3 is 5.32 Å². The highest BCUT2D eigenvalue weighted by Crippen LogP contribution is 2.52. The summed E-state index contributed by atoms with van der Waals surface area (Å²) < 4.78 is 0. The number of hydrogen-bond acceptors (Lipinski definition) is 1. The lowest BCUT2D eigenvalue weighted by Crippen LogP contribution is -2.28. The minimum atomic E-state index is 0.508. The van der Waals surface area contributed by atoms with Gasteiger partial charge in [-0.05, 0) is 62.5 Å². The van der Waals surface area contributed by atoms with Crippen molar-refractivity contribution >= 4 is 27.6 Å². The molecule has 0 spiro atoms. The fourth-order valence-electron chi connectivity index (χ4n) is 4.68. The normalized spacial score (nSPS) is 24.4. The Morgan fingerprint density at radius 3 is 3.05 bits per heavy atom. The van der Waals surface area contributed by atoms with E-state index in [4.69, 9.17) is 0 Å². The summed E-state index contributed by atoms with van der Waals surface area (Å²) in [6, 6.07) is 12.3. The molecular formula is C20H15N. The van der Waals surface area contributed by atoms with Crippen LogP contribution in [0.1, 0.15) is 35.1 Å². The van der Waals surface area contributed by atoms with Crippen LogP contribution < -0.4 is 10.5 Å². The average molecular weight is 269 g/mol. The molecule has 1 nitrogen and oxygen atoms in total. The molecule has 0 fully saturated rings. The molecule has 0 saturated heterocycles. The molecule has 3 aromatic carbocycles. The number of fused-ring (bicyclic) bond motifs is 5. The standard InChI is InChI=1S/C20H15N/c1-2-11-4-5-13-10-16-14-8-9-21-20(14)19(16)15-7-6-12(3-1)17(11)18(13)15/h3-10,14,20-21H,1-2H2. The lowest BCUT2D eigenvalue weighted by molar-refractivity contribution is 0.538. The third kappa shape index (κ3) is 1.08. The monoisotopic (exact) mass is 269 g/mol. The van der Waals surface area contributed by atoms with E-state index in [9.17, 15) is 0 Å². The molecule has 1 heterocycles. The first-order valence-corrected chi connectivity index (χ1v) is 7.85. The Morgan fingerprint density at radius 2 is 2.05 bits per heavy atom. The van der Waals surface area contributed by atoms with Gasteiger partial charge in [-0.15, -0.1) is 0 Å². The maximum Gasteiger partial charge on any atom is 0.0621 e. The fourth-order valence-corrected chi connectivity index (χ4v) is 4.68. The Labute approximate surface area is 122 Å². The summed E-state index contributed by atoms with van der Waals surface area (Å²) in [5.74, 6) is 0.585. The van der Waals surface area contributed by atoms with Crippen molar-refractivity contribution in [3.05, 3.63) is 64.5 Å². The Kier molecular flexibility index (Phi) is 1.64. The van der Waals surface area contributed by atoms with Crippen molar-refractivity contribution in [1.82, 2.24) is 5.32 Å². The summed E-state index contributed by atoms with van der Waals surface area (Å²) in [7, 11) is 0. The van der Waals surface area contributed by atoms with Crippen LogP contribution in [0.25, 0.3) is 27.6 Å². The first-order chi connectivity index (χ1) is 10.4. The zero-order valence-electron chi connectivity index (χ0n) is 11.7. The molecule has 2 unspecified atom stereocenters. The summed E-state index contributed by atoms with van der Waals surface area (Å²) in [6.07, 6.45) is 9.19. The van der Waals surface area contributed by atoms with Crippen molar-refractivity contribution in [2.75, 3.05) is 0 Å². The van der Waals surface area contributed by atoms with Crippen molar-refractivity contribution in [3.8, 4) is 0 Å². The van der Waals surface area contributed by atoms with Crippen LogP contribution in [0.3, 0.4) is 0 Å². The van der Waals surface area contributed by atoms with E-state index in [1.807, 2.05) is 0 Å². The third-order valence-electron chi connectivity index (χ3n) is 5.61. The summed E-state index contributed by atoms with van der Waals surface area (Å²) in [5.41, 5.74) is 4.59. The largest absolute Gasteiger partial charge is 0.383 e. The van der Waals surface area contributed by atoms with E-state index in [-0.39, 0.29) is 0 Å². The molecule has 1 aliphatic heterocycles. The van der Waals surface area contributed by atoms with Crippen LogP contribution in [0.4, 0.5) is 0 Å². The van der Waals surface area contributed by atoms with Gasteiger partial charge in [-0.25, -0.2) is 0 Å². The van der Waals surface area contributed by atoms with Crippen LogP contribution in [0.5, 0.6) is 0 Å². The molecule has 100 valence electrons. The molecule has 2 aliphatic carbocycles. The second kappa shape index (κ2) is 3.30. The van der Waals surface area contributed by atoms with E-state index in [0.717, 1.165) is 0 Å². The highest BCUT2D eigenvalue weighted by atomic mass is 14.9. The van der Waals surface area contributed by atoms with Gasteiger partial charge in [0, 0.05) is 5.92 Å². The van der Waals surface area contributed by atoms with E-state index in [0.29, 0.717) is 12.0 Å². The van der Waals surface area contributed by atoms with E-state index in [1.54, 1.807) is 0 Å². The van der Waals surface area contributed by atoms with Gasteiger partial charge in [-0.3, -0.25) is 0 Å². The second-order valence-electron chi connectivity index (χ2n) is 6.55. The van der Waals surface area contributed by atoms with Crippen molar-refractivity contribution in [2.45, 2.75) is 24.8 Å². The van der Waals surface area contributed by atoms with Gasteiger partial charge in [0.25, 0.3) is 0 Å². The summed E-state index contributed by atoms with van der Waals surface area (Å²) in [5, 5.41) is 10.8. The highest BCUT2D eigenvalue weighted by molar-refractivity contribution is 6.14. The van der Waals surface area contributed by atoms with Crippen LogP contribution >= 0.6 is 0 Å². The molecule has 6 rings (SSSR count). The van der Waals surface area contributed by atoms with Crippen LogP contribution in [0.2, 0.25) is 0 Å². The molecule has 0 aromatic heterocycles. The van der Waals surface area contributed by atoms with E-state index in [1.165, 1.54) is 56.3 Å². The molecule has 1 N–H and O–H groups in total.